The Morgan fingerprint density at radius 2 is 1.87 bits per heavy atom. The van der Waals surface area contributed by atoms with Crippen molar-refractivity contribution in [2.75, 3.05) is 19.8 Å². The lowest BCUT2D eigenvalue weighted by atomic mass is 9.47. The molecule has 1 amide bonds. The van der Waals surface area contributed by atoms with Crippen molar-refractivity contribution in [3.05, 3.63) is 11.6 Å². The van der Waals surface area contributed by atoms with Crippen LogP contribution in [-0.4, -0.2) is 32.0 Å². The van der Waals surface area contributed by atoms with Crippen LogP contribution in [0.1, 0.15) is 118 Å². The van der Waals surface area contributed by atoms with E-state index in [2.05, 4.69) is 51.3 Å². The van der Waals surface area contributed by atoms with E-state index in [1.54, 1.807) is 5.57 Å². The lowest BCUT2D eigenvalue weighted by Gasteiger charge is -2.58. The van der Waals surface area contributed by atoms with Gasteiger partial charge in [0, 0.05) is 6.42 Å². The summed E-state index contributed by atoms with van der Waals surface area (Å²) in [6, 6.07) is 0. The number of allylic oxidation sites excluding steroid dienone is 1. The molecule has 0 radical (unpaired) electrons. The number of carbonyl (C=O) groups is 1. The molecule has 8 atom stereocenters. The third-order valence-corrected chi connectivity index (χ3v) is 11.7. The first-order valence-corrected chi connectivity index (χ1v) is 16.2. The summed E-state index contributed by atoms with van der Waals surface area (Å²) in [5, 5.41) is 6.11. The van der Waals surface area contributed by atoms with Crippen molar-refractivity contribution in [2.45, 2.75) is 124 Å². The molecule has 218 valence electrons. The van der Waals surface area contributed by atoms with Crippen molar-refractivity contribution in [1.82, 2.24) is 10.6 Å². The number of hydrogen-bond acceptors (Lipinski definition) is 4. The highest BCUT2D eigenvalue weighted by Gasteiger charge is 2.59. The molecule has 4 N–H and O–H groups in total. The molecule has 8 unspecified atom stereocenters. The quantitative estimate of drug-likeness (QED) is 0.140. The Kier molecular flexibility index (Phi) is 10.3. The summed E-state index contributed by atoms with van der Waals surface area (Å²) in [4.78, 5) is 12.4. The lowest BCUT2D eigenvalue weighted by Crippen LogP contribution is -2.51. The molecule has 4 rings (SSSR count). The standard InChI is InChI=1S/C33H59N3O2/c1-23(2)9-8-10-24(3)28-13-14-29-27-12-11-25-21-26(38-31(37)36-22-35-20-7-6-19-34)15-17-32(25,4)30(27)16-18-33(28,29)5/h11,23-24,26-30,35H,6-10,12-22,34H2,1-5H3,(H,36,37). The number of alkyl carbamates (subject to hydrolysis) is 1. The van der Waals surface area contributed by atoms with Gasteiger partial charge in [-0.05, 0) is 117 Å². The van der Waals surface area contributed by atoms with Crippen molar-refractivity contribution in [2.24, 2.45) is 52.1 Å². The molecule has 3 saturated carbocycles. The highest BCUT2D eigenvalue weighted by molar-refractivity contribution is 5.67. The molecular weight excluding hydrogens is 470 g/mol. The van der Waals surface area contributed by atoms with E-state index in [0.717, 1.165) is 74.2 Å². The third-order valence-electron chi connectivity index (χ3n) is 11.7. The van der Waals surface area contributed by atoms with E-state index in [9.17, 15) is 4.79 Å². The average molecular weight is 530 g/mol. The van der Waals surface area contributed by atoms with Crippen LogP contribution < -0.4 is 16.4 Å². The van der Waals surface area contributed by atoms with Gasteiger partial charge in [-0.15, -0.1) is 0 Å². The zero-order chi connectivity index (χ0) is 27.3. The molecule has 0 aromatic carbocycles. The van der Waals surface area contributed by atoms with E-state index in [1.165, 1.54) is 51.4 Å². The molecule has 0 aliphatic heterocycles. The van der Waals surface area contributed by atoms with Crippen LogP contribution in [-0.2, 0) is 4.74 Å². The molecule has 0 spiro atoms. The summed E-state index contributed by atoms with van der Waals surface area (Å²) in [7, 11) is 0. The van der Waals surface area contributed by atoms with Gasteiger partial charge in [0.1, 0.15) is 6.10 Å². The molecule has 4 aliphatic rings. The second kappa shape index (κ2) is 13.1. The van der Waals surface area contributed by atoms with Crippen LogP contribution in [0, 0.1) is 46.3 Å². The fraction of sp³-hybridized carbons (Fsp3) is 0.909. The summed E-state index contributed by atoms with van der Waals surface area (Å²) in [5.41, 5.74) is 7.95. The molecule has 0 aromatic heterocycles. The number of ether oxygens (including phenoxy) is 1. The fourth-order valence-electron chi connectivity index (χ4n) is 9.56. The van der Waals surface area contributed by atoms with Gasteiger partial charge >= 0.3 is 6.09 Å². The first-order chi connectivity index (χ1) is 18.2. The Morgan fingerprint density at radius 1 is 1.05 bits per heavy atom. The maximum Gasteiger partial charge on any atom is 0.408 e. The van der Waals surface area contributed by atoms with Crippen LogP contribution in [0.3, 0.4) is 0 Å². The monoisotopic (exact) mass is 529 g/mol. The predicted molar refractivity (Wildman–Crippen MR) is 158 cm³/mol. The number of nitrogens with two attached hydrogens (primary N) is 1. The van der Waals surface area contributed by atoms with Gasteiger partial charge in [0.05, 0.1) is 6.67 Å². The minimum absolute atomic E-state index is 0.0134. The van der Waals surface area contributed by atoms with Gasteiger partial charge in [-0.3, -0.25) is 5.32 Å². The van der Waals surface area contributed by atoms with Gasteiger partial charge < -0.3 is 15.8 Å². The molecule has 0 heterocycles. The Morgan fingerprint density at radius 3 is 2.63 bits per heavy atom. The zero-order valence-electron chi connectivity index (χ0n) is 25.3. The molecule has 5 heteroatoms. The molecule has 0 bridgehead atoms. The second-order valence-electron chi connectivity index (χ2n) is 14.4. The van der Waals surface area contributed by atoms with Gasteiger partial charge in [-0.25, -0.2) is 4.79 Å². The Bertz CT molecular complexity index is 812. The topological polar surface area (TPSA) is 76.4 Å². The van der Waals surface area contributed by atoms with Crippen molar-refractivity contribution in [1.29, 1.82) is 0 Å². The Hall–Kier alpha value is -1.07. The molecule has 0 aromatic rings. The van der Waals surface area contributed by atoms with Crippen LogP contribution in [0.4, 0.5) is 4.79 Å². The van der Waals surface area contributed by atoms with E-state index in [4.69, 9.17) is 10.5 Å². The second-order valence-corrected chi connectivity index (χ2v) is 14.4. The maximum atomic E-state index is 12.4. The molecular formula is C33H59N3O2. The van der Waals surface area contributed by atoms with Crippen molar-refractivity contribution < 1.29 is 9.53 Å². The summed E-state index contributed by atoms with van der Waals surface area (Å²) in [5.74, 6) is 5.16. The van der Waals surface area contributed by atoms with E-state index in [-0.39, 0.29) is 12.2 Å². The number of rotatable bonds is 12. The normalized spacial score (nSPS) is 37.1. The molecule has 3 fully saturated rings. The maximum absolute atomic E-state index is 12.4. The summed E-state index contributed by atoms with van der Waals surface area (Å²) in [6.07, 6.45) is 18.6. The summed E-state index contributed by atoms with van der Waals surface area (Å²) >= 11 is 0. The van der Waals surface area contributed by atoms with E-state index >= 15 is 0 Å². The average Bonchev–Trinajstić information content (AvgIpc) is 3.23. The van der Waals surface area contributed by atoms with Crippen molar-refractivity contribution in [3.8, 4) is 0 Å². The molecule has 0 saturated heterocycles. The highest BCUT2D eigenvalue weighted by Crippen LogP contribution is 2.67. The molecule has 5 nitrogen and oxygen atoms in total. The van der Waals surface area contributed by atoms with Gasteiger partial charge in [0.2, 0.25) is 0 Å². The number of unbranched alkanes of at least 4 members (excludes halogenated alkanes) is 1. The summed E-state index contributed by atoms with van der Waals surface area (Å²) in [6.45, 7) is 14.6. The van der Waals surface area contributed by atoms with E-state index in [0.29, 0.717) is 24.0 Å². The Balaban J connectivity index is 1.31. The first kappa shape index (κ1) is 29.9. The van der Waals surface area contributed by atoms with Gasteiger partial charge in [0.25, 0.3) is 0 Å². The first-order valence-electron chi connectivity index (χ1n) is 16.2. The van der Waals surface area contributed by atoms with Crippen LogP contribution in [0.2, 0.25) is 0 Å². The van der Waals surface area contributed by atoms with Crippen molar-refractivity contribution >= 4 is 6.09 Å². The van der Waals surface area contributed by atoms with Crippen LogP contribution in [0.15, 0.2) is 11.6 Å². The minimum Gasteiger partial charge on any atom is -0.446 e. The SMILES string of the molecule is CC(C)CCCC(C)C1CCC2C3CC=C4CC(OC(=O)NCNCCCCN)CCC4(C)C3CCC12C. The van der Waals surface area contributed by atoms with Crippen LogP contribution in [0.25, 0.3) is 0 Å². The summed E-state index contributed by atoms with van der Waals surface area (Å²) < 4.78 is 5.87. The van der Waals surface area contributed by atoms with E-state index < -0.39 is 0 Å². The van der Waals surface area contributed by atoms with Crippen molar-refractivity contribution in [3.63, 3.8) is 0 Å². The smallest absolute Gasteiger partial charge is 0.408 e. The number of fused-ring (bicyclic) bond motifs is 5. The van der Waals surface area contributed by atoms with Crippen LogP contribution >= 0.6 is 0 Å². The molecule has 4 aliphatic carbocycles. The fourth-order valence-corrected chi connectivity index (χ4v) is 9.56. The van der Waals surface area contributed by atoms with Gasteiger partial charge in [0.15, 0.2) is 0 Å². The number of hydrogen-bond donors (Lipinski definition) is 3. The highest BCUT2D eigenvalue weighted by atomic mass is 16.6. The predicted octanol–water partition coefficient (Wildman–Crippen LogP) is 7.41. The number of nitrogens with one attached hydrogen (secondary N) is 2. The van der Waals surface area contributed by atoms with Crippen LogP contribution in [0.5, 0.6) is 0 Å². The Labute approximate surface area is 233 Å². The van der Waals surface area contributed by atoms with Gasteiger partial charge in [-0.1, -0.05) is 65.5 Å². The number of carbonyl (C=O) groups excluding carboxylic acids is 1. The lowest BCUT2D eigenvalue weighted by molar-refractivity contribution is -0.0581. The number of amides is 1. The third kappa shape index (κ3) is 6.45. The zero-order valence-corrected chi connectivity index (χ0v) is 25.3. The molecule has 38 heavy (non-hydrogen) atoms. The minimum atomic E-state index is -0.285. The van der Waals surface area contributed by atoms with Gasteiger partial charge in [-0.2, -0.15) is 0 Å². The van der Waals surface area contributed by atoms with E-state index in [1.807, 2.05) is 0 Å². The largest absolute Gasteiger partial charge is 0.446 e.